The van der Waals surface area contributed by atoms with Crippen molar-refractivity contribution in [2.24, 2.45) is 0 Å². The standard InChI is InChI=1S/C30H19NO2Te/c32-29-24-14-6-7-15-25(24)30(33)26(29)19-22-17-18-28(34-22)31(21-11-2-1-3-12-21)27-16-8-10-20-9-4-5-13-23(20)27/h1-19H. The van der Waals surface area contributed by atoms with E-state index in [1.807, 2.05) is 24.3 Å². The SMILES string of the molecule is O=C1C(=Cc2ccc(N(c3ccccc3)c3cccc4ccccc34)[te]2)C(=O)c2ccccc21. The van der Waals surface area contributed by atoms with Gasteiger partial charge in [0.05, 0.1) is 0 Å². The molecule has 1 aliphatic carbocycles. The zero-order chi connectivity index (χ0) is 23.1. The Morgan fingerprint density at radius 3 is 2.03 bits per heavy atom. The quantitative estimate of drug-likeness (QED) is 0.139. The molecule has 34 heavy (non-hydrogen) atoms. The zero-order valence-electron chi connectivity index (χ0n) is 18.1. The van der Waals surface area contributed by atoms with Gasteiger partial charge in [-0.25, -0.2) is 0 Å². The van der Waals surface area contributed by atoms with Crippen LogP contribution < -0.4 is 4.90 Å². The van der Waals surface area contributed by atoms with Gasteiger partial charge in [-0.15, -0.1) is 0 Å². The number of nitrogens with zero attached hydrogens (tertiary/aromatic N) is 1. The van der Waals surface area contributed by atoms with Gasteiger partial charge in [0.25, 0.3) is 0 Å². The van der Waals surface area contributed by atoms with Crippen LogP contribution in [0.3, 0.4) is 0 Å². The van der Waals surface area contributed by atoms with Crippen molar-refractivity contribution in [2.45, 2.75) is 0 Å². The molecular formula is C30H19NO2Te. The molecule has 0 amide bonds. The maximum atomic E-state index is 12.9. The van der Waals surface area contributed by atoms with E-state index in [2.05, 4.69) is 71.6 Å². The minimum absolute atomic E-state index is 0.170. The number of allylic oxidation sites excluding steroid dienone is 1. The third-order valence-corrected chi connectivity index (χ3v) is 8.95. The molecule has 3 nitrogen and oxygen atoms in total. The molecule has 1 aromatic heterocycles. The fourth-order valence-corrected chi connectivity index (χ4v) is 7.26. The summed E-state index contributed by atoms with van der Waals surface area (Å²) in [5, 5.41) is 2.38. The van der Waals surface area contributed by atoms with Crippen LogP contribution in [0, 0.1) is 0 Å². The molecular weight excluding hydrogens is 534 g/mol. The number of Topliss-reactive ketones (excluding diaryl/α,β-unsaturated/α-hetero) is 2. The Bertz CT molecular complexity index is 1550. The second-order valence-corrected chi connectivity index (χ2v) is 11.2. The molecule has 162 valence electrons. The third-order valence-electron chi connectivity index (χ3n) is 6.05. The van der Waals surface area contributed by atoms with Crippen molar-refractivity contribution in [1.82, 2.24) is 0 Å². The molecule has 0 aliphatic heterocycles. The number of fused-ring (bicyclic) bond motifs is 2. The van der Waals surface area contributed by atoms with E-state index in [0.29, 0.717) is 11.1 Å². The summed E-state index contributed by atoms with van der Waals surface area (Å²) >= 11 is -0.828. The van der Waals surface area contributed by atoms with Gasteiger partial charge in [0.15, 0.2) is 0 Å². The normalized spacial score (nSPS) is 12.8. The molecule has 4 heteroatoms. The van der Waals surface area contributed by atoms with Gasteiger partial charge >= 0.3 is 208 Å². The zero-order valence-corrected chi connectivity index (χ0v) is 20.5. The topological polar surface area (TPSA) is 37.4 Å². The van der Waals surface area contributed by atoms with Crippen LogP contribution in [0.2, 0.25) is 0 Å². The number of hydrogen-bond acceptors (Lipinski definition) is 3. The second kappa shape index (κ2) is 8.57. The molecule has 0 unspecified atom stereocenters. The van der Waals surface area contributed by atoms with E-state index >= 15 is 0 Å². The van der Waals surface area contributed by atoms with E-state index in [0.717, 1.165) is 15.0 Å². The van der Waals surface area contributed by atoms with E-state index < -0.39 is 20.4 Å². The van der Waals surface area contributed by atoms with E-state index in [-0.39, 0.29) is 17.1 Å². The summed E-state index contributed by atoms with van der Waals surface area (Å²) in [6.45, 7) is 0. The molecule has 0 bridgehead atoms. The first-order valence-corrected chi connectivity index (χ1v) is 13.4. The second-order valence-electron chi connectivity index (χ2n) is 8.11. The van der Waals surface area contributed by atoms with Crippen LogP contribution in [0.15, 0.2) is 115 Å². The Kier molecular flexibility index (Phi) is 5.26. The Balaban J connectivity index is 1.46. The number of para-hydroxylation sites is 1. The van der Waals surface area contributed by atoms with Crippen LogP contribution in [0.25, 0.3) is 16.8 Å². The van der Waals surface area contributed by atoms with Crippen molar-refractivity contribution in [3.8, 4) is 0 Å². The number of anilines is 3. The van der Waals surface area contributed by atoms with Crippen molar-refractivity contribution < 1.29 is 9.59 Å². The molecule has 0 spiro atoms. The van der Waals surface area contributed by atoms with Crippen molar-refractivity contribution in [1.29, 1.82) is 0 Å². The molecule has 5 aromatic rings. The van der Waals surface area contributed by atoms with Crippen molar-refractivity contribution in [3.63, 3.8) is 0 Å². The number of carbonyl (C=O) groups excluding carboxylic acids is 2. The molecule has 0 radical (unpaired) electrons. The van der Waals surface area contributed by atoms with Gasteiger partial charge in [0, 0.05) is 0 Å². The molecule has 0 atom stereocenters. The first kappa shape index (κ1) is 20.9. The molecule has 0 saturated heterocycles. The Morgan fingerprint density at radius 2 is 1.26 bits per heavy atom. The predicted molar refractivity (Wildman–Crippen MR) is 139 cm³/mol. The van der Waals surface area contributed by atoms with Gasteiger partial charge in [-0.05, 0) is 0 Å². The molecule has 0 saturated carbocycles. The van der Waals surface area contributed by atoms with Gasteiger partial charge in [-0.3, -0.25) is 0 Å². The van der Waals surface area contributed by atoms with E-state index in [1.165, 1.54) is 14.5 Å². The summed E-state index contributed by atoms with van der Waals surface area (Å²) in [7, 11) is 0. The molecule has 0 fully saturated rings. The van der Waals surface area contributed by atoms with Crippen molar-refractivity contribution in [2.75, 3.05) is 4.90 Å². The number of ketones is 2. The predicted octanol–water partition coefficient (Wildman–Crippen LogP) is 6.83. The van der Waals surface area contributed by atoms with Gasteiger partial charge in [0.2, 0.25) is 0 Å². The monoisotopic (exact) mass is 555 g/mol. The number of carbonyl (C=O) groups is 2. The summed E-state index contributed by atoms with van der Waals surface area (Å²) in [4.78, 5) is 28.1. The van der Waals surface area contributed by atoms with Crippen LogP contribution in [-0.4, -0.2) is 32.0 Å². The molecule has 4 aromatic carbocycles. The van der Waals surface area contributed by atoms with Crippen LogP contribution >= 0.6 is 0 Å². The minimum atomic E-state index is -0.828. The van der Waals surface area contributed by atoms with Crippen molar-refractivity contribution in [3.05, 3.63) is 129 Å². The van der Waals surface area contributed by atoms with E-state index in [4.69, 9.17) is 0 Å². The average Bonchev–Trinajstić information content (AvgIpc) is 3.44. The average molecular weight is 553 g/mol. The Labute approximate surface area is 207 Å². The van der Waals surface area contributed by atoms with Crippen LogP contribution in [-0.2, 0) is 0 Å². The first-order chi connectivity index (χ1) is 16.7. The Hall–Kier alpha value is -3.71. The molecule has 6 rings (SSSR count). The van der Waals surface area contributed by atoms with Gasteiger partial charge in [-0.1, -0.05) is 0 Å². The maximum absolute atomic E-state index is 12.9. The Morgan fingerprint density at radius 1 is 0.618 bits per heavy atom. The van der Waals surface area contributed by atoms with Gasteiger partial charge in [0.1, 0.15) is 0 Å². The third kappa shape index (κ3) is 3.53. The molecule has 1 aliphatic rings. The van der Waals surface area contributed by atoms with Crippen LogP contribution in [0.1, 0.15) is 24.3 Å². The van der Waals surface area contributed by atoms with Crippen LogP contribution in [0.5, 0.6) is 0 Å². The fraction of sp³-hybridized carbons (Fsp3) is 0. The summed E-state index contributed by atoms with van der Waals surface area (Å²) < 4.78 is 2.29. The fourth-order valence-electron chi connectivity index (χ4n) is 4.45. The summed E-state index contributed by atoms with van der Waals surface area (Å²) in [6, 6.07) is 36.4. The summed E-state index contributed by atoms with van der Waals surface area (Å²) in [5.41, 5.74) is 3.52. The van der Waals surface area contributed by atoms with Crippen LogP contribution in [0.4, 0.5) is 15.1 Å². The van der Waals surface area contributed by atoms with Crippen molar-refractivity contribution >= 4 is 63.9 Å². The first-order valence-electron chi connectivity index (χ1n) is 11.0. The molecule has 0 N–H and O–H groups in total. The number of hydrogen-bond donors (Lipinski definition) is 0. The number of rotatable bonds is 4. The van der Waals surface area contributed by atoms with Gasteiger partial charge in [-0.2, -0.15) is 0 Å². The summed E-state index contributed by atoms with van der Waals surface area (Å²) in [6.07, 6.45) is 1.82. The van der Waals surface area contributed by atoms with E-state index in [9.17, 15) is 9.59 Å². The summed E-state index contributed by atoms with van der Waals surface area (Å²) in [5.74, 6) is -0.340. The molecule has 1 heterocycles. The number of benzene rings is 4. The van der Waals surface area contributed by atoms with Gasteiger partial charge < -0.3 is 0 Å². The van der Waals surface area contributed by atoms with E-state index in [1.54, 1.807) is 24.3 Å².